The molecule has 1 aromatic heterocycles. The highest BCUT2D eigenvalue weighted by molar-refractivity contribution is 5.95. The zero-order chi connectivity index (χ0) is 13.0. The van der Waals surface area contributed by atoms with Crippen molar-refractivity contribution in [1.82, 2.24) is 9.55 Å². The van der Waals surface area contributed by atoms with E-state index < -0.39 is 0 Å². The zero-order valence-electron chi connectivity index (χ0n) is 10.9. The van der Waals surface area contributed by atoms with E-state index in [4.69, 9.17) is 0 Å². The number of imidazole rings is 1. The Morgan fingerprint density at radius 2 is 1.89 bits per heavy atom. The van der Waals surface area contributed by atoms with Crippen LogP contribution in [0.4, 0.5) is 0 Å². The number of ketones is 1. The molecule has 0 atom stereocenters. The smallest absolute Gasteiger partial charge is 0.182 e. The molecule has 0 saturated carbocycles. The number of hydrogen-bond acceptors (Lipinski definition) is 2. The van der Waals surface area contributed by atoms with Crippen molar-refractivity contribution in [3.63, 3.8) is 0 Å². The molecule has 0 spiro atoms. The van der Waals surface area contributed by atoms with Crippen molar-refractivity contribution < 1.29 is 4.79 Å². The van der Waals surface area contributed by atoms with Gasteiger partial charge in [-0.2, -0.15) is 0 Å². The van der Waals surface area contributed by atoms with Gasteiger partial charge in [-0.05, 0) is 12.0 Å². The fourth-order valence-electron chi connectivity index (χ4n) is 1.97. The summed E-state index contributed by atoms with van der Waals surface area (Å²) >= 11 is 0. The Hall–Kier alpha value is -1.90. The summed E-state index contributed by atoms with van der Waals surface area (Å²) in [5.41, 5.74) is 2.02. The fraction of sp³-hybridized carbons (Fsp3) is 0.333. The van der Waals surface area contributed by atoms with E-state index in [1.54, 1.807) is 6.20 Å². The van der Waals surface area contributed by atoms with Crippen molar-refractivity contribution in [2.24, 2.45) is 0 Å². The molecule has 0 fully saturated rings. The van der Waals surface area contributed by atoms with Gasteiger partial charge in [-0.3, -0.25) is 4.79 Å². The summed E-state index contributed by atoms with van der Waals surface area (Å²) in [5.74, 6) is 1.08. The monoisotopic (exact) mass is 242 g/mol. The number of carbonyl (C=O) groups is 1. The van der Waals surface area contributed by atoms with Crippen LogP contribution in [0.1, 0.15) is 35.6 Å². The quantitative estimate of drug-likeness (QED) is 0.756. The van der Waals surface area contributed by atoms with Gasteiger partial charge in [-0.1, -0.05) is 38.1 Å². The normalized spacial score (nSPS) is 10.6. The number of rotatable bonds is 5. The first-order valence-corrected chi connectivity index (χ1v) is 6.36. The Balaban J connectivity index is 2.11. The van der Waals surface area contributed by atoms with Crippen LogP contribution in [0, 0.1) is 0 Å². The molecule has 2 rings (SSSR count). The maximum atomic E-state index is 12.1. The molecule has 0 bridgehead atoms. The van der Waals surface area contributed by atoms with Crippen molar-refractivity contribution >= 4 is 5.78 Å². The Bertz CT molecular complexity index is 526. The van der Waals surface area contributed by atoms with Crippen LogP contribution in [0.5, 0.6) is 0 Å². The zero-order valence-corrected chi connectivity index (χ0v) is 10.9. The van der Waals surface area contributed by atoms with Crippen LogP contribution in [0.25, 0.3) is 0 Å². The van der Waals surface area contributed by atoms with Crippen LogP contribution in [-0.4, -0.2) is 15.3 Å². The average molecular weight is 242 g/mol. The minimum absolute atomic E-state index is 0.130. The molecule has 0 saturated heterocycles. The Labute approximate surface area is 107 Å². The summed E-state index contributed by atoms with van der Waals surface area (Å²) in [5, 5.41) is 0. The van der Waals surface area contributed by atoms with Crippen molar-refractivity contribution in [3.8, 4) is 0 Å². The molecule has 3 heteroatoms. The van der Waals surface area contributed by atoms with E-state index in [9.17, 15) is 4.79 Å². The minimum Gasteiger partial charge on any atom is -0.327 e. The lowest BCUT2D eigenvalue weighted by atomic mass is 10.1. The summed E-state index contributed by atoms with van der Waals surface area (Å²) in [6.07, 6.45) is 5.44. The van der Waals surface area contributed by atoms with Crippen LogP contribution < -0.4 is 0 Å². The third kappa shape index (κ3) is 2.67. The Morgan fingerprint density at radius 3 is 2.50 bits per heavy atom. The molecule has 0 unspecified atom stereocenters. The molecule has 3 nitrogen and oxygen atoms in total. The van der Waals surface area contributed by atoms with E-state index in [-0.39, 0.29) is 5.78 Å². The van der Waals surface area contributed by atoms with Crippen LogP contribution in [0.15, 0.2) is 36.7 Å². The second kappa shape index (κ2) is 5.63. The SMILES string of the molecule is CCc1ccc(C(=O)Cn2ccnc2CC)cc1. The van der Waals surface area contributed by atoms with Gasteiger partial charge in [-0.25, -0.2) is 4.98 Å². The average Bonchev–Trinajstić information content (AvgIpc) is 2.86. The van der Waals surface area contributed by atoms with Crippen LogP contribution >= 0.6 is 0 Å². The number of Topliss-reactive ketones (excluding diaryl/α,β-unsaturated/α-hetero) is 1. The molecule has 1 aromatic carbocycles. The largest absolute Gasteiger partial charge is 0.327 e. The third-order valence-corrected chi connectivity index (χ3v) is 3.12. The first-order valence-electron chi connectivity index (χ1n) is 6.36. The van der Waals surface area contributed by atoms with E-state index in [1.807, 2.05) is 42.0 Å². The van der Waals surface area contributed by atoms with Gasteiger partial charge in [0.05, 0.1) is 6.54 Å². The molecule has 1 heterocycles. The highest BCUT2D eigenvalue weighted by Crippen LogP contribution is 2.08. The summed E-state index contributed by atoms with van der Waals surface area (Å²) in [6, 6.07) is 7.84. The molecule has 0 aliphatic carbocycles. The van der Waals surface area contributed by atoms with E-state index in [0.29, 0.717) is 6.54 Å². The second-order valence-corrected chi connectivity index (χ2v) is 4.30. The fourth-order valence-corrected chi connectivity index (χ4v) is 1.97. The predicted octanol–water partition coefficient (Wildman–Crippen LogP) is 2.89. The first-order chi connectivity index (χ1) is 8.74. The summed E-state index contributed by atoms with van der Waals surface area (Å²) in [7, 11) is 0. The highest BCUT2D eigenvalue weighted by Gasteiger charge is 2.08. The minimum atomic E-state index is 0.130. The lowest BCUT2D eigenvalue weighted by Crippen LogP contribution is -2.12. The number of nitrogens with zero attached hydrogens (tertiary/aromatic N) is 2. The molecule has 18 heavy (non-hydrogen) atoms. The van der Waals surface area contributed by atoms with E-state index in [1.165, 1.54) is 5.56 Å². The van der Waals surface area contributed by atoms with Gasteiger partial charge in [0.25, 0.3) is 0 Å². The number of hydrogen-bond donors (Lipinski definition) is 0. The maximum Gasteiger partial charge on any atom is 0.182 e. The van der Waals surface area contributed by atoms with Gasteiger partial charge >= 0.3 is 0 Å². The van der Waals surface area contributed by atoms with E-state index in [2.05, 4.69) is 11.9 Å². The first kappa shape index (κ1) is 12.6. The molecule has 0 N–H and O–H groups in total. The molecule has 2 aromatic rings. The van der Waals surface area contributed by atoms with Crippen LogP contribution in [-0.2, 0) is 19.4 Å². The van der Waals surface area contributed by atoms with Crippen molar-refractivity contribution in [2.45, 2.75) is 33.2 Å². The summed E-state index contributed by atoms with van der Waals surface area (Å²) in [4.78, 5) is 16.4. The van der Waals surface area contributed by atoms with Gasteiger partial charge in [0.2, 0.25) is 0 Å². The lowest BCUT2D eigenvalue weighted by molar-refractivity contribution is 0.0971. The third-order valence-electron chi connectivity index (χ3n) is 3.12. The van der Waals surface area contributed by atoms with E-state index in [0.717, 1.165) is 24.2 Å². The van der Waals surface area contributed by atoms with Crippen molar-refractivity contribution in [1.29, 1.82) is 0 Å². The lowest BCUT2D eigenvalue weighted by Gasteiger charge is -2.06. The molecule has 0 radical (unpaired) electrons. The van der Waals surface area contributed by atoms with Crippen LogP contribution in [0.3, 0.4) is 0 Å². The number of carbonyl (C=O) groups excluding carboxylic acids is 1. The molecular formula is C15H18N2O. The van der Waals surface area contributed by atoms with Gasteiger partial charge in [-0.15, -0.1) is 0 Å². The topological polar surface area (TPSA) is 34.9 Å². The molecule has 0 aliphatic heterocycles. The maximum absolute atomic E-state index is 12.1. The van der Waals surface area contributed by atoms with Crippen molar-refractivity contribution in [2.75, 3.05) is 0 Å². The number of benzene rings is 1. The second-order valence-electron chi connectivity index (χ2n) is 4.30. The van der Waals surface area contributed by atoms with Gasteiger partial charge in [0.15, 0.2) is 5.78 Å². The van der Waals surface area contributed by atoms with E-state index >= 15 is 0 Å². The summed E-state index contributed by atoms with van der Waals surface area (Å²) < 4.78 is 1.91. The Morgan fingerprint density at radius 1 is 1.17 bits per heavy atom. The Kier molecular flexibility index (Phi) is 3.92. The number of aromatic nitrogens is 2. The number of aryl methyl sites for hydroxylation is 2. The summed E-state index contributed by atoms with van der Waals surface area (Å²) in [6.45, 7) is 4.52. The van der Waals surface area contributed by atoms with Crippen molar-refractivity contribution in [3.05, 3.63) is 53.6 Å². The standard InChI is InChI=1S/C15H18N2O/c1-3-12-5-7-13(8-6-12)14(18)11-17-10-9-16-15(17)4-2/h5-10H,3-4,11H2,1-2H3. The van der Waals surface area contributed by atoms with Crippen LogP contribution in [0.2, 0.25) is 0 Å². The molecule has 0 amide bonds. The molecule has 94 valence electrons. The van der Waals surface area contributed by atoms with Gasteiger partial charge in [0.1, 0.15) is 5.82 Å². The van der Waals surface area contributed by atoms with Gasteiger partial charge in [0, 0.05) is 24.4 Å². The highest BCUT2D eigenvalue weighted by atomic mass is 16.1. The van der Waals surface area contributed by atoms with Gasteiger partial charge < -0.3 is 4.57 Å². The predicted molar refractivity (Wildman–Crippen MR) is 71.8 cm³/mol. The molecule has 0 aliphatic rings. The molecular weight excluding hydrogens is 224 g/mol.